The minimum Gasteiger partial charge on any atom is -0.378 e. The highest BCUT2D eigenvalue weighted by atomic mass is 16.5. The van der Waals surface area contributed by atoms with Crippen molar-refractivity contribution in [2.45, 2.75) is 33.4 Å². The van der Waals surface area contributed by atoms with Gasteiger partial charge in [0.25, 0.3) is 0 Å². The van der Waals surface area contributed by atoms with Gasteiger partial charge in [0.1, 0.15) is 11.6 Å². The zero-order valence-electron chi connectivity index (χ0n) is 21.7. The monoisotopic (exact) mass is 489 g/mol. The standard InChI is InChI=1S/C26H35N9O/c1-18(2)33-11-9-32(10-12-33)17-22-28-23-24(31(22)4)29-26(30-25(23)34-13-15-36-16-14-34)35-19(3)27-20-7-5-6-8-21(20)35/h5-8,18H,9-17H2,1-4H3. The van der Waals surface area contributed by atoms with Crippen LogP contribution in [0.3, 0.4) is 0 Å². The van der Waals surface area contributed by atoms with Gasteiger partial charge in [0.05, 0.1) is 30.8 Å². The minimum atomic E-state index is 0.593. The first kappa shape index (κ1) is 23.3. The number of benzene rings is 1. The molecule has 3 aromatic heterocycles. The van der Waals surface area contributed by atoms with Crippen LogP contribution in [-0.2, 0) is 18.3 Å². The molecule has 5 heterocycles. The van der Waals surface area contributed by atoms with Gasteiger partial charge in [-0.05, 0) is 32.9 Å². The predicted octanol–water partition coefficient (Wildman–Crippen LogP) is 2.37. The Morgan fingerprint density at radius 1 is 0.917 bits per heavy atom. The fraction of sp³-hybridized carbons (Fsp3) is 0.538. The zero-order chi connectivity index (χ0) is 24.8. The minimum absolute atomic E-state index is 0.593. The molecule has 0 saturated carbocycles. The van der Waals surface area contributed by atoms with E-state index in [4.69, 9.17) is 24.7 Å². The molecular weight excluding hydrogens is 454 g/mol. The number of rotatable bonds is 5. The van der Waals surface area contributed by atoms with Crippen LogP contribution in [0.15, 0.2) is 24.3 Å². The molecule has 1 aromatic carbocycles. The molecule has 6 rings (SSSR count). The molecule has 2 aliphatic rings. The van der Waals surface area contributed by atoms with Crippen molar-refractivity contribution in [1.29, 1.82) is 0 Å². The topological polar surface area (TPSA) is 80.4 Å². The Morgan fingerprint density at radius 3 is 2.42 bits per heavy atom. The Labute approximate surface area is 211 Å². The first-order valence-corrected chi connectivity index (χ1v) is 13.0. The Hall–Kier alpha value is -3.08. The van der Waals surface area contributed by atoms with Crippen LogP contribution in [0.1, 0.15) is 25.5 Å². The second kappa shape index (κ2) is 9.42. The van der Waals surface area contributed by atoms with Gasteiger partial charge in [0, 0.05) is 52.4 Å². The molecule has 0 spiro atoms. The molecule has 2 saturated heterocycles. The van der Waals surface area contributed by atoms with Gasteiger partial charge >= 0.3 is 0 Å². The molecule has 4 aromatic rings. The maximum absolute atomic E-state index is 5.63. The van der Waals surface area contributed by atoms with Crippen LogP contribution in [-0.4, -0.2) is 97.4 Å². The second-order valence-electron chi connectivity index (χ2n) is 10.1. The number of nitrogens with zero attached hydrogens (tertiary/aromatic N) is 9. The van der Waals surface area contributed by atoms with Crippen LogP contribution < -0.4 is 4.90 Å². The number of aromatic nitrogens is 6. The third kappa shape index (κ3) is 4.12. The summed E-state index contributed by atoms with van der Waals surface area (Å²) in [7, 11) is 2.08. The molecule has 2 fully saturated rings. The lowest BCUT2D eigenvalue weighted by Crippen LogP contribution is -2.48. The Morgan fingerprint density at radius 2 is 1.67 bits per heavy atom. The summed E-state index contributed by atoms with van der Waals surface area (Å²) in [6.07, 6.45) is 0. The largest absolute Gasteiger partial charge is 0.378 e. The summed E-state index contributed by atoms with van der Waals surface area (Å²) in [5.41, 5.74) is 3.67. The Bertz CT molecular complexity index is 1380. The van der Waals surface area contributed by atoms with E-state index >= 15 is 0 Å². The molecule has 0 bridgehead atoms. The molecule has 0 atom stereocenters. The highest BCUT2D eigenvalue weighted by Crippen LogP contribution is 2.28. The summed E-state index contributed by atoms with van der Waals surface area (Å²) in [6.45, 7) is 14.6. The highest BCUT2D eigenvalue weighted by molar-refractivity contribution is 5.86. The number of fused-ring (bicyclic) bond motifs is 2. The number of morpholine rings is 1. The molecule has 0 N–H and O–H groups in total. The van der Waals surface area contributed by atoms with Gasteiger partial charge in [0.2, 0.25) is 5.95 Å². The van der Waals surface area contributed by atoms with Gasteiger partial charge in [-0.3, -0.25) is 14.4 Å². The molecule has 0 amide bonds. The van der Waals surface area contributed by atoms with Crippen LogP contribution in [0.5, 0.6) is 0 Å². The highest BCUT2D eigenvalue weighted by Gasteiger charge is 2.25. The summed E-state index contributed by atoms with van der Waals surface area (Å²) < 4.78 is 9.83. The van der Waals surface area contributed by atoms with Gasteiger partial charge in [-0.25, -0.2) is 9.97 Å². The van der Waals surface area contributed by atoms with E-state index in [1.165, 1.54) is 0 Å². The first-order chi connectivity index (χ1) is 17.5. The normalized spacial score (nSPS) is 18.2. The van der Waals surface area contributed by atoms with E-state index in [2.05, 4.69) is 50.8 Å². The van der Waals surface area contributed by atoms with Crippen molar-refractivity contribution >= 4 is 28.0 Å². The number of imidazole rings is 2. The van der Waals surface area contributed by atoms with Crippen LogP contribution in [0.4, 0.5) is 5.82 Å². The second-order valence-corrected chi connectivity index (χ2v) is 10.1. The third-order valence-corrected chi connectivity index (χ3v) is 7.52. The maximum atomic E-state index is 5.63. The van der Waals surface area contributed by atoms with E-state index in [0.29, 0.717) is 25.2 Å². The molecule has 10 nitrogen and oxygen atoms in total. The molecule has 0 radical (unpaired) electrons. The van der Waals surface area contributed by atoms with E-state index in [-0.39, 0.29) is 0 Å². The third-order valence-electron chi connectivity index (χ3n) is 7.52. The van der Waals surface area contributed by atoms with Crippen molar-refractivity contribution in [2.24, 2.45) is 7.05 Å². The number of piperazine rings is 1. The average Bonchev–Trinajstić information content (AvgIpc) is 3.40. The number of anilines is 1. The van der Waals surface area contributed by atoms with Crippen LogP contribution in [0.2, 0.25) is 0 Å². The maximum Gasteiger partial charge on any atom is 0.239 e. The van der Waals surface area contributed by atoms with Crippen LogP contribution in [0, 0.1) is 6.92 Å². The van der Waals surface area contributed by atoms with E-state index in [9.17, 15) is 0 Å². The van der Waals surface area contributed by atoms with Gasteiger partial charge in [-0.2, -0.15) is 9.97 Å². The number of hydrogen-bond acceptors (Lipinski definition) is 8. The molecule has 2 aliphatic heterocycles. The number of para-hydroxylation sites is 2. The number of hydrogen-bond donors (Lipinski definition) is 0. The van der Waals surface area contributed by atoms with Gasteiger partial charge < -0.3 is 14.2 Å². The van der Waals surface area contributed by atoms with Gasteiger partial charge in [-0.15, -0.1) is 0 Å². The van der Waals surface area contributed by atoms with Crippen molar-refractivity contribution in [2.75, 3.05) is 57.4 Å². The van der Waals surface area contributed by atoms with Crippen molar-refractivity contribution < 1.29 is 4.74 Å². The summed E-state index contributed by atoms with van der Waals surface area (Å²) in [5, 5.41) is 0. The molecular formula is C26H35N9O. The lowest BCUT2D eigenvalue weighted by molar-refractivity contribution is 0.102. The fourth-order valence-corrected chi connectivity index (χ4v) is 5.35. The number of aryl methyl sites for hydroxylation is 2. The van der Waals surface area contributed by atoms with Crippen molar-refractivity contribution in [3.05, 3.63) is 35.9 Å². The van der Waals surface area contributed by atoms with E-state index in [1.807, 2.05) is 25.1 Å². The quantitative estimate of drug-likeness (QED) is 0.423. The van der Waals surface area contributed by atoms with Gasteiger partial charge in [0.15, 0.2) is 17.0 Å². The molecule has 10 heteroatoms. The Kier molecular flexibility index (Phi) is 6.10. The zero-order valence-corrected chi connectivity index (χ0v) is 21.7. The van der Waals surface area contributed by atoms with Crippen molar-refractivity contribution in [3.8, 4) is 5.95 Å². The smallest absolute Gasteiger partial charge is 0.239 e. The van der Waals surface area contributed by atoms with E-state index < -0.39 is 0 Å². The summed E-state index contributed by atoms with van der Waals surface area (Å²) in [4.78, 5) is 27.3. The molecule has 0 aliphatic carbocycles. The number of ether oxygens (including phenoxy) is 1. The molecule has 36 heavy (non-hydrogen) atoms. The van der Waals surface area contributed by atoms with E-state index in [1.54, 1.807) is 0 Å². The summed E-state index contributed by atoms with van der Waals surface area (Å²) >= 11 is 0. The van der Waals surface area contributed by atoms with Crippen molar-refractivity contribution in [1.82, 2.24) is 38.9 Å². The molecule has 190 valence electrons. The van der Waals surface area contributed by atoms with Crippen molar-refractivity contribution in [3.63, 3.8) is 0 Å². The van der Waals surface area contributed by atoms with Crippen LogP contribution >= 0.6 is 0 Å². The Balaban J connectivity index is 1.42. The lowest BCUT2D eigenvalue weighted by atomic mass is 10.2. The summed E-state index contributed by atoms with van der Waals surface area (Å²) in [5.74, 6) is 3.40. The lowest BCUT2D eigenvalue weighted by Gasteiger charge is -2.36. The molecule has 0 unspecified atom stereocenters. The van der Waals surface area contributed by atoms with Crippen LogP contribution in [0.25, 0.3) is 28.1 Å². The average molecular weight is 490 g/mol. The SMILES string of the molecule is Cc1nc2ccccc2n1-c1nc(N2CCOCC2)c2nc(CN3CCN(C(C)C)CC3)n(C)c2n1. The van der Waals surface area contributed by atoms with Gasteiger partial charge in [-0.1, -0.05) is 12.1 Å². The predicted molar refractivity (Wildman–Crippen MR) is 141 cm³/mol. The summed E-state index contributed by atoms with van der Waals surface area (Å²) in [6, 6.07) is 8.74. The first-order valence-electron chi connectivity index (χ1n) is 13.0. The fourth-order valence-electron chi connectivity index (χ4n) is 5.35. The van der Waals surface area contributed by atoms with E-state index in [0.717, 1.165) is 85.5 Å².